The maximum Gasteiger partial charge on any atom is 0.367 e. The van der Waals surface area contributed by atoms with Crippen LogP contribution in [0, 0.1) is 0 Å². The highest BCUT2D eigenvalue weighted by Gasteiger charge is 2.30. The minimum atomic E-state index is -3.59. The van der Waals surface area contributed by atoms with Crippen molar-refractivity contribution in [1.82, 2.24) is 4.57 Å². The fourth-order valence-electron chi connectivity index (χ4n) is 3.63. The van der Waals surface area contributed by atoms with Crippen LogP contribution in [0.1, 0.15) is 58.8 Å². The standard InChI is InChI=1S/C24H37NO9P2/c1-9-31-35(8,28)22-12-18-19(17(4)26)14-25(15-23(27)34-24(5,6)7)20(18)13-21(22)30-16-36(29,32-10-2)33-11-3/h12-14H,9-11,15-16H2,1-8H3. The number of ketones is 1. The van der Waals surface area contributed by atoms with Crippen LogP contribution in [0.3, 0.4) is 0 Å². The summed E-state index contributed by atoms with van der Waals surface area (Å²) in [4.78, 5) is 25.0. The van der Waals surface area contributed by atoms with Crippen LogP contribution in [0.25, 0.3) is 10.9 Å². The van der Waals surface area contributed by atoms with Crippen molar-refractivity contribution in [2.24, 2.45) is 0 Å². The Morgan fingerprint density at radius 1 is 0.972 bits per heavy atom. The summed E-state index contributed by atoms with van der Waals surface area (Å²) in [6.07, 6.45) is 1.13. The summed E-state index contributed by atoms with van der Waals surface area (Å²) in [6, 6.07) is 3.12. The summed E-state index contributed by atoms with van der Waals surface area (Å²) in [5.41, 5.74) is 0.132. The fraction of sp³-hybridized carbons (Fsp3) is 0.583. The highest BCUT2D eigenvalue weighted by atomic mass is 31.2. The van der Waals surface area contributed by atoms with Crippen molar-refractivity contribution in [2.75, 3.05) is 32.8 Å². The third-order valence-electron chi connectivity index (χ3n) is 4.90. The van der Waals surface area contributed by atoms with Crippen LogP contribution in [0.2, 0.25) is 0 Å². The predicted molar refractivity (Wildman–Crippen MR) is 139 cm³/mol. The summed E-state index contributed by atoms with van der Waals surface area (Å²) in [5.74, 6) is -0.601. The minimum absolute atomic E-state index is 0.125. The Morgan fingerprint density at radius 2 is 1.56 bits per heavy atom. The number of carbonyl (C=O) groups is 2. The molecule has 0 fully saturated rings. The first kappa shape index (κ1) is 30.3. The van der Waals surface area contributed by atoms with Crippen LogP contribution < -0.4 is 10.0 Å². The number of Topliss-reactive ketones (excluding diaryl/α,β-unsaturated/α-hetero) is 1. The van der Waals surface area contributed by atoms with E-state index in [-0.39, 0.29) is 43.2 Å². The van der Waals surface area contributed by atoms with E-state index in [0.717, 1.165) is 0 Å². The number of fused-ring (bicyclic) bond motifs is 1. The summed E-state index contributed by atoms with van der Waals surface area (Å²) < 4.78 is 55.5. The first-order chi connectivity index (χ1) is 16.7. The molecule has 0 aliphatic carbocycles. The molecule has 0 N–H and O–H groups in total. The Balaban J connectivity index is 2.68. The van der Waals surface area contributed by atoms with E-state index in [0.29, 0.717) is 16.5 Å². The Hall–Kier alpha value is -1.96. The topological polar surface area (TPSA) is 119 Å². The van der Waals surface area contributed by atoms with Crippen LogP contribution in [0.4, 0.5) is 0 Å². The molecule has 202 valence electrons. The molecule has 10 nitrogen and oxygen atoms in total. The maximum absolute atomic E-state index is 13.5. The summed E-state index contributed by atoms with van der Waals surface area (Å²) >= 11 is 0. The van der Waals surface area contributed by atoms with E-state index >= 15 is 0 Å². The highest BCUT2D eigenvalue weighted by Crippen LogP contribution is 2.50. The summed E-state index contributed by atoms with van der Waals surface area (Å²) in [5, 5.41) is 0.696. The zero-order valence-corrected chi connectivity index (χ0v) is 24.1. The lowest BCUT2D eigenvalue weighted by atomic mass is 10.1. The van der Waals surface area contributed by atoms with Crippen molar-refractivity contribution in [3.63, 3.8) is 0 Å². The third-order valence-corrected chi connectivity index (χ3v) is 8.63. The van der Waals surface area contributed by atoms with Gasteiger partial charge >= 0.3 is 13.6 Å². The minimum Gasteiger partial charge on any atom is -0.480 e. The Morgan fingerprint density at radius 3 is 2.06 bits per heavy atom. The van der Waals surface area contributed by atoms with Crippen molar-refractivity contribution >= 4 is 42.9 Å². The Bertz CT molecular complexity index is 1190. The summed E-state index contributed by atoms with van der Waals surface area (Å²) in [6.45, 7) is 13.6. The molecule has 0 spiro atoms. The third kappa shape index (κ3) is 7.77. The van der Waals surface area contributed by atoms with Crippen molar-refractivity contribution in [1.29, 1.82) is 0 Å². The van der Waals surface area contributed by atoms with Gasteiger partial charge in [0.05, 0.1) is 30.6 Å². The Labute approximate surface area is 212 Å². The van der Waals surface area contributed by atoms with Gasteiger partial charge in [0, 0.05) is 29.9 Å². The highest BCUT2D eigenvalue weighted by molar-refractivity contribution is 7.66. The van der Waals surface area contributed by atoms with Crippen LogP contribution in [-0.4, -0.2) is 54.8 Å². The number of nitrogens with zero attached hydrogens (tertiary/aromatic N) is 1. The van der Waals surface area contributed by atoms with Gasteiger partial charge in [-0.15, -0.1) is 0 Å². The van der Waals surface area contributed by atoms with Crippen LogP contribution in [-0.2, 0) is 38.8 Å². The van der Waals surface area contributed by atoms with E-state index in [1.165, 1.54) is 13.6 Å². The molecule has 0 saturated carbocycles. The number of hydrogen-bond donors (Lipinski definition) is 0. The number of benzene rings is 1. The number of ether oxygens (including phenoxy) is 2. The largest absolute Gasteiger partial charge is 0.480 e. The molecule has 36 heavy (non-hydrogen) atoms. The first-order valence-corrected chi connectivity index (χ1v) is 15.6. The van der Waals surface area contributed by atoms with Gasteiger partial charge in [0.2, 0.25) is 7.37 Å². The Kier molecular flexibility index (Phi) is 10.1. The SMILES string of the molecule is CCOP(=O)(COc1cc2c(cc1P(C)(=O)OCC)c(C(C)=O)cn2CC(=O)OC(C)(C)C)OCC. The molecule has 1 aromatic carbocycles. The summed E-state index contributed by atoms with van der Waals surface area (Å²) in [7, 11) is -6.99. The lowest BCUT2D eigenvalue weighted by Gasteiger charge is -2.22. The van der Waals surface area contributed by atoms with Gasteiger partial charge < -0.3 is 27.6 Å². The fourth-order valence-corrected chi connectivity index (χ4v) is 6.47. The molecule has 2 aromatic rings. The number of esters is 1. The zero-order valence-electron chi connectivity index (χ0n) is 22.3. The van der Waals surface area contributed by atoms with E-state index in [2.05, 4.69) is 0 Å². The van der Waals surface area contributed by atoms with Crippen LogP contribution in [0.5, 0.6) is 5.75 Å². The maximum atomic E-state index is 13.5. The molecule has 1 aromatic heterocycles. The van der Waals surface area contributed by atoms with Gasteiger partial charge in [-0.3, -0.25) is 18.7 Å². The lowest BCUT2D eigenvalue weighted by molar-refractivity contribution is -0.155. The average molecular weight is 546 g/mol. The second kappa shape index (κ2) is 12.1. The second-order valence-corrected chi connectivity index (χ2v) is 13.6. The van der Waals surface area contributed by atoms with Gasteiger partial charge in [-0.25, -0.2) is 0 Å². The lowest BCUT2D eigenvalue weighted by Crippen LogP contribution is -2.26. The quantitative estimate of drug-likeness (QED) is 0.186. The first-order valence-electron chi connectivity index (χ1n) is 11.8. The molecule has 0 saturated heterocycles. The molecular formula is C24H37NO9P2. The van der Waals surface area contributed by atoms with E-state index in [9.17, 15) is 18.7 Å². The molecule has 12 heteroatoms. The number of aromatic nitrogens is 1. The van der Waals surface area contributed by atoms with Gasteiger partial charge in [-0.1, -0.05) is 0 Å². The number of carbonyl (C=O) groups excluding carboxylic acids is 2. The van der Waals surface area contributed by atoms with Crippen molar-refractivity contribution in [2.45, 2.75) is 60.6 Å². The molecule has 0 radical (unpaired) electrons. The van der Waals surface area contributed by atoms with E-state index < -0.39 is 32.9 Å². The normalized spacial score (nSPS) is 14.0. The second-order valence-electron chi connectivity index (χ2n) is 9.13. The zero-order chi connectivity index (χ0) is 27.3. The van der Waals surface area contributed by atoms with Gasteiger partial charge in [-0.05, 0) is 54.5 Å². The van der Waals surface area contributed by atoms with Crippen molar-refractivity contribution in [3.8, 4) is 5.75 Å². The average Bonchev–Trinajstić information content (AvgIpc) is 3.08. The molecule has 0 aliphatic rings. The van der Waals surface area contributed by atoms with E-state index in [1.807, 2.05) is 0 Å². The van der Waals surface area contributed by atoms with E-state index in [1.54, 1.807) is 64.4 Å². The molecule has 0 aliphatic heterocycles. The molecule has 0 bridgehead atoms. The predicted octanol–water partition coefficient (Wildman–Crippen LogP) is 5.36. The molecule has 2 rings (SSSR count). The smallest absolute Gasteiger partial charge is 0.367 e. The molecular weight excluding hydrogens is 508 g/mol. The number of rotatable bonds is 13. The molecule has 1 heterocycles. The van der Waals surface area contributed by atoms with Gasteiger partial charge in [0.1, 0.15) is 17.9 Å². The number of hydrogen-bond acceptors (Lipinski definition) is 9. The van der Waals surface area contributed by atoms with E-state index in [4.69, 9.17) is 23.0 Å². The monoisotopic (exact) mass is 545 g/mol. The van der Waals surface area contributed by atoms with Gasteiger partial charge in [0.15, 0.2) is 12.1 Å². The van der Waals surface area contributed by atoms with Gasteiger partial charge in [-0.2, -0.15) is 0 Å². The van der Waals surface area contributed by atoms with Crippen LogP contribution >= 0.6 is 15.0 Å². The van der Waals surface area contributed by atoms with Gasteiger partial charge in [0.25, 0.3) is 0 Å². The molecule has 1 atom stereocenters. The van der Waals surface area contributed by atoms with Crippen molar-refractivity contribution < 1.29 is 41.8 Å². The van der Waals surface area contributed by atoms with Crippen LogP contribution in [0.15, 0.2) is 18.3 Å². The molecule has 0 amide bonds. The van der Waals surface area contributed by atoms with Crippen molar-refractivity contribution in [3.05, 3.63) is 23.9 Å². The molecule has 1 unspecified atom stereocenters.